The first-order valence-electron chi connectivity index (χ1n) is 6.92. The fraction of sp³-hybridized carbons (Fsp3) is 1.00. The first-order chi connectivity index (χ1) is 8.38. The predicted molar refractivity (Wildman–Crippen MR) is 79.2 cm³/mol. The molecular formula is C13H25NOS2. The van der Waals surface area contributed by atoms with Gasteiger partial charge in [-0.05, 0) is 19.3 Å². The Bertz CT molecular complexity index is 208. The highest BCUT2D eigenvalue weighted by atomic mass is 32.2. The van der Waals surface area contributed by atoms with E-state index in [4.69, 9.17) is 4.74 Å². The quantitative estimate of drug-likeness (QED) is 0.832. The summed E-state index contributed by atoms with van der Waals surface area (Å²) in [6, 6.07) is 0.702. The molecule has 100 valence electrons. The van der Waals surface area contributed by atoms with Crippen LogP contribution in [0.2, 0.25) is 0 Å². The number of rotatable bonds is 5. The third-order valence-corrected chi connectivity index (χ3v) is 6.34. The molecule has 0 radical (unpaired) electrons. The maximum atomic E-state index is 5.79. The minimum Gasteiger partial charge on any atom is -0.378 e. The second-order valence-electron chi connectivity index (χ2n) is 4.98. The summed E-state index contributed by atoms with van der Waals surface area (Å²) in [6.07, 6.45) is 5.40. The van der Waals surface area contributed by atoms with Gasteiger partial charge in [-0.25, -0.2) is 0 Å². The predicted octanol–water partition coefficient (Wildman–Crippen LogP) is 2.77. The van der Waals surface area contributed by atoms with Crippen LogP contribution in [0.15, 0.2) is 0 Å². The van der Waals surface area contributed by atoms with Gasteiger partial charge in [0.2, 0.25) is 0 Å². The van der Waals surface area contributed by atoms with Gasteiger partial charge >= 0.3 is 0 Å². The fourth-order valence-corrected chi connectivity index (χ4v) is 5.17. The minimum atomic E-state index is 0.514. The van der Waals surface area contributed by atoms with E-state index in [1.807, 2.05) is 0 Å². The van der Waals surface area contributed by atoms with Crippen molar-refractivity contribution in [1.82, 2.24) is 5.32 Å². The lowest BCUT2D eigenvalue weighted by Crippen LogP contribution is -2.42. The summed E-state index contributed by atoms with van der Waals surface area (Å²) in [7, 11) is 0. The Morgan fingerprint density at radius 3 is 3.06 bits per heavy atom. The van der Waals surface area contributed by atoms with Crippen LogP contribution >= 0.6 is 23.5 Å². The maximum absolute atomic E-state index is 5.79. The van der Waals surface area contributed by atoms with Crippen molar-refractivity contribution in [3.05, 3.63) is 0 Å². The Morgan fingerprint density at radius 1 is 1.35 bits per heavy atom. The monoisotopic (exact) mass is 275 g/mol. The van der Waals surface area contributed by atoms with Crippen LogP contribution in [0.1, 0.15) is 32.6 Å². The molecule has 2 rings (SSSR count). The van der Waals surface area contributed by atoms with Gasteiger partial charge in [0, 0.05) is 41.7 Å². The van der Waals surface area contributed by atoms with Crippen molar-refractivity contribution in [2.24, 2.45) is 0 Å². The first kappa shape index (κ1) is 14.0. The number of nitrogens with one attached hydrogen (secondary N) is 1. The van der Waals surface area contributed by atoms with Gasteiger partial charge < -0.3 is 10.1 Å². The molecule has 3 atom stereocenters. The van der Waals surface area contributed by atoms with E-state index >= 15 is 0 Å². The van der Waals surface area contributed by atoms with Crippen molar-refractivity contribution in [1.29, 1.82) is 0 Å². The SMILES string of the molecule is CCCC1CC(NCC2CSCCS2)CCO1. The van der Waals surface area contributed by atoms with E-state index in [1.54, 1.807) is 0 Å². The lowest BCUT2D eigenvalue weighted by atomic mass is 10.00. The van der Waals surface area contributed by atoms with Crippen LogP contribution in [0, 0.1) is 0 Å². The molecule has 0 aliphatic carbocycles. The van der Waals surface area contributed by atoms with E-state index in [9.17, 15) is 0 Å². The summed E-state index contributed by atoms with van der Waals surface area (Å²) in [4.78, 5) is 0. The highest BCUT2D eigenvalue weighted by Crippen LogP contribution is 2.24. The smallest absolute Gasteiger partial charge is 0.0589 e. The summed E-state index contributed by atoms with van der Waals surface area (Å²) in [5.74, 6) is 4.01. The molecule has 2 fully saturated rings. The van der Waals surface area contributed by atoms with E-state index in [0.29, 0.717) is 12.1 Å². The van der Waals surface area contributed by atoms with Crippen molar-refractivity contribution in [2.45, 2.75) is 50.0 Å². The maximum Gasteiger partial charge on any atom is 0.0589 e. The minimum absolute atomic E-state index is 0.514. The molecular weight excluding hydrogens is 250 g/mol. The molecule has 2 saturated heterocycles. The third kappa shape index (κ3) is 5.01. The Hall–Kier alpha value is 0.620. The number of hydrogen-bond donors (Lipinski definition) is 1. The molecule has 0 aromatic rings. The molecule has 0 bridgehead atoms. The molecule has 4 heteroatoms. The average molecular weight is 275 g/mol. The van der Waals surface area contributed by atoms with Crippen LogP contribution in [0.25, 0.3) is 0 Å². The van der Waals surface area contributed by atoms with E-state index < -0.39 is 0 Å². The van der Waals surface area contributed by atoms with Gasteiger partial charge in [0.25, 0.3) is 0 Å². The standard InChI is InChI=1S/C13H25NOS2/c1-2-3-12-8-11(4-5-15-12)14-9-13-10-16-6-7-17-13/h11-14H,2-10H2,1H3. The van der Waals surface area contributed by atoms with E-state index in [1.165, 1.54) is 49.5 Å². The topological polar surface area (TPSA) is 21.3 Å². The lowest BCUT2D eigenvalue weighted by molar-refractivity contribution is -0.00297. The van der Waals surface area contributed by atoms with Gasteiger partial charge in [-0.15, -0.1) is 0 Å². The van der Waals surface area contributed by atoms with Gasteiger partial charge in [0.05, 0.1) is 6.10 Å². The highest BCUT2D eigenvalue weighted by molar-refractivity contribution is 8.06. The van der Waals surface area contributed by atoms with Crippen molar-refractivity contribution in [2.75, 3.05) is 30.4 Å². The molecule has 2 nitrogen and oxygen atoms in total. The molecule has 0 aromatic heterocycles. The van der Waals surface area contributed by atoms with Crippen molar-refractivity contribution in [3.63, 3.8) is 0 Å². The Kier molecular flexibility index (Phi) is 6.54. The molecule has 2 aliphatic heterocycles. The van der Waals surface area contributed by atoms with Crippen LogP contribution < -0.4 is 5.32 Å². The van der Waals surface area contributed by atoms with Crippen LogP contribution in [0.3, 0.4) is 0 Å². The molecule has 2 heterocycles. The van der Waals surface area contributed by atoms with Gasteiger partial charge in [-0.3, -0.25) is 0 Å². The fourth-order valence-electron chi connectivity index (χ4n) is 2.54. The molecule has 0 spiro atoms. The third-order valence-electron chi connectivity index (χ3n) is 3.50. The van der Waals surface area contributed by atoms with Crippen molar-refractivity contribution < 1.29 is 4.74 Å². The summed E-state index contributed by atoms with van der Waals surface area (Å²) < 4.78 is 5.79. The zero-order chi connectivity index (χ0) is 11.9. The summed E-state index contributed by atoms with van der Waals surface area (Å²) >= 11 is 4.26. The van der Waals surface area contributed by atoms with Gasteiger partial charge in [-0.2, -0.15) is 23.5 Å². The second-order valence-corrected chi connectivity index (χ2v) is 7.54. The summed E-state index contributed by atoms with van der Waals surface area (Å²) in [6.45, 7) is 4.40. The molecule has 17 heavy (non-hydrogen) atoms. The van der Waals surface area contributed by atoms with Gasteiger partial charge in [0.1, 0.15) is 0 Å². The van der Waals surface area contributed by atoms with Gasteiger partial charge in [-0.1, -0.05) is 13.3 Å². The van der Waals surface area contributed by atoms with Crippen LogP contribution in [0.4, 0.5) is 0 Å². The highest BCUT2D eigenvalue weighted by Gasteiger charge is 2.23. The Labute approximate surface area is 114 Å². The molecule has 3 unspecified atom stereocenters. The number of hydrogen-bond acceptors (Lipinski definition) is 4. The molecule has 0 amide bonds. The largest absolute Gasteiger partial charge is 0.378 e. The van der Waals surface area contributed by atoms with Crippen LogP contribution in [-0.4, -0.2) is 47.8 Å². The van der Waals surface area contributed by atoms with E-state index in [2.05, 4.69) is 35.8 Å². The summed E-state index contributed by atoms with van der Waals surface area (Å²) in [5, 5.41) is 4.60. The van der Waals surface area contributed by atoms with E-state index in [0.717, 1.165) is 11.9 Å². The second kappa shape index (κ2) is 7.93. The van der Waals surface area contributed by atoms with E-state index in [-0.39, 0.29) is 0 Å². The zero-order valence-corrected chi connectivity index (χ0v) is 12.5. The lowest BCUT2D eigenvalue weighted by Gasteiger charge is -2.31. The Morgan fingerprint density at radius 2 is 2.29 bits per heavy atom. The first-order valence-corrected chi connectivity index (χ1v) is 9.13. The molecule has 2 aliphatic rings. The average Bonchev–Trinajstić information content (AvgIpc) is 2.39. The van der Waals surface area contributed by atoms with Crippen molar-refractivity contribution in [3.8, 4) is 0 Å². The molecule has 1 N–H and O–H groups in total. The number of thioether (sulfide) groups is 2. The Balaban J connectivity index is 1.64. The molecule has 0 aromatic carbocycles. The van der Waals surface area contributed by atoms with Crippen molar-refractivity contribution >= 4 is 23.5 Å². The van der Waals surface area contributed by atoms with Crippen LogP contribution in [-0.2, 0) is 4.74 Å². The zero-order valence-electron chi connectivity index (χ0n) is 10.8. The van der Waals surface area contributed by atoms with Gasteiger partial charge in [0.15, 0.2) is 0 Å². The normalized spacial score (nSPS) is 34.8. The van der Waals surface area contributed by atoms with Crippen LogP contribution in [0.5, 0.6) is 0 Å². The summed E-state index contributed by atoms with van der Waals surface area (Å²) in [5.41, 5.74) is 0. The number of ether oxygens (including phenoxy) is 1. The molecule has 0 saturated carbocycles.